The van der Waals surface area contributed by atoms with E-state index in [2.05, 4.69) is 31.9 Å². The van der Waals surface area contributed by atoms with Crippen LogP contribution >= 0.6 is 31.9 Å². The van der Waals surface area contributed by atoms with Gasteiger partial charge < -0.3 is 4.74 Å². The lowest BCUT2D eigenvalue weighted by Gasteiger charge is -1.84. The first-order chi connectivity index (χ1) is 4.29. The SMILES string of the molecule is Brc1ccc2c(c1Br)O2. The third kappa shape index (κ3) is 0.792. The van der Waals surface area contributed by atoms with Crippen molar-refractivity contribution in [3.05, 3.63) is 21.1 Å². The Labute approximate surface area is 69.3 Å². The maximum Gasteiger partial charge on any atom is 0.185 e. The van der Waals surface area contributed by atoms with E-state index < -0.39 is 0 Å². The van der Waals surface area contributed by atoms with Crippen molar-refractivity contribution < 1.29 is 4.74 Å². The van der Waals surface area contributed by atoms with Gasteiger partial charge in [0.25, 0.3) is 0 Å². The molecule has 0 atom stereocenters. The van der Waals surface area contributed by atoms with Gasteiger partial charge >= 0.3 is 0 Å². The molecule has 1 aromatic rings. The van der Waals surface area contributed by atoms with Gasteiger partial charge in [0.1, 0.15) is 0 Å². The van der Waals surface area contributed by atoms with Gasteiger partial charge in [-0.25, -0.2) is 0 Å². The van der Waals surface area contributed by atoms with Crippen LogP contribution in [-0.2, 0) is 0 Å². The minimum Gasteiger partial charge on any atom is -0.448 e. The molecule has 0 amide bonds. The summed E-state index contributed by atoms with van der Waals surface area (Å²) in [6, 6.07) is 3.89. The standard InChI is InChI=1S/C6H2Br2O/c7-3-1-2-4-6(9-4)5(3)8/h1-2H. The molecule has 0 aliphatic carbocycles. The van der Waals surface area contributed by atoms with Crippen LogP contribution in [-0.4, -0.2) is 0 Å². The Kier molecular flexibility index (Phi) is 1.11. The highest BCUT2D eigenvalue weighted by Crippen LogP contribution is 2.52. The Morgan fingerprint density at radius 3 is 2.67 bits per heavy atom. The number of hydrogen-bond donors (Lipinski definition) is 0. The number of hydrogen-bond acceptors (Lipinski definition) is 1. The Bertz CT molecular complexity index is 266. The summed E-state index contributed by atoms with van der Waals surface area (Å²) in [5.74, 6) is 1.94. The van der Waals surface area contributed by atoms with Crippen LogP contribution in [0.4, 0.5) is 0 Å². The fourth-order valence-corrected chi connectivity index (χ4v) is 1.40. The molecule has 0 aromatic heterocycles. The monoisotopic (exact) mass is 248 g/mol. The summed E-state index contributed by atoms with van der Waals surface area (Å²) in [7, 11) is 0. The zero-order valence-electron chi connectivity index (χ0n) is 4.32. The van der Waals surface area contributed by atoms with Crippen molar-refractivity contribution in [2.45, 2.75) is 0 Å². The molecule has 0 radical (unpaired) electrons. The zero-order chi connectivity index (χ0) is 6.43. The van der Waals surface area contributed by atoms with Crippen molar-refractivity contribution in [2.24, 2.45) is 0 Å². The maximum absolute atomic E-state index is 5.07. The molecular weight excluding hydrogens is 248 g/mol. The van der Waals surface area contributed by atoms with Gasteiger partial charge in [-0.1, -0.05) is 0 Å². The molecule has 0 saturated heterocycles. The van der Waals surface area contributed by atoms with Crippen LogP contribution in [0.15, 0.2) is 21.1 Å². The van der Waals surface area contributed by atoms with Crippen LogP contribution in [0.1, 0.15) is 0 Å². The van der Waals surface area contributed by atoms with E-state index in [0.29, 0.717) is 0 Å². The Morgan fingerprint density at radius 2 is 2.00 bits per heavy atom. The highest BCUT2D eigenvalue weighted by molar-refractivity contribution is 9.13. The van der Waals surface area contributed by atoms with Gasteiger partial charge in [-0.15, -0.1) is 0 Å². The van der Waals surface area contributed by atoms with E-state index in [-0.39, 0.29) is 0 Å². The van der Waals surface area contributed by atoms with E-state index >= 15 is 0 Å². The Morgan fingerprint density at radius 1 is 1.22 bits per heavy atom. The molecule has 1 aliphatic heterocycles. The average molecular weight is 250 g/mol. The third-order valence-electron chi connectivity index (χ3n) is 1.18. The third-order valence-corrected chi connectivity index (χ3v) is 3.16. The van der Waals surface area contributed by atoms with Crippen molar-refractivity contribution in [3.63, 3.8) is 0 Å². The number of fused-ring (bicyclic) bond motifs is 1. The van der Waals surface area contributed by atoms with Crippen LogP contribution in [0.5, 0.6) is 11.5 Å². The van der Waals surface area contributed by atoms with Crippen molar-refractivity contribution in [2.75, 3.05) is 0 Å². The first-order valence-electron chi connectivity index (χ1n) is 2.45. The minimum atomic E-state index is 0.962. The van der Waals surface area contributed by atoms with E-state index in [1.807, 2.05) is 12.1 Å². The predicted molar refractivity (Wildman–Crippen MR) is 41.9 cm³/mol. The van der Waals surface area contributed by atoms with Gasteiger partial charge in [0.05, 0.1) is 4.47 Å². The second-order valence-electron chi connectivity index (χ2n) is 1.79. The smallest absolute Gasteiger partial charge is 0.185 e. The number of halogens is 2. The average Bonchev–Trinajstić information content (AvgIpc) is 2.58. The second kappa shape index (κ2) is 1.73. The quantitative estimate of drug-likeness (QED) is 0.653. The summed E-state index contributed by atoms with van der Waals surface area (Å²) in [6.07, 6.45) is 0. The first kappa shape index (κ1) is 5.74. The molecule has 0 spiro atoms. The summed E-state index contributed by atoms with van der Waals surface area (Å²) < 4.78 is 7.13. The van der Waals surface area contributed by atoms with Gasteiger partial charge in [0, 0.05) is 4.47 Å². The molecule has 0 N–H and O–H groups in total. The molecule has 9 heavy (non-hydrogen) atoms. The topological polar surface area (TPSA) is 12.5 Å². The van der Waals surface area contributed by atoms with Crippen molar-refractivity contribution >= 4 is 31.9 Å². The van der Waals surface area contributed by atoms with Gasteiger partial charge in [0.2, 0.25) is 0 Å². The van der Waals surface area contributed by atoms with Gasteiger partial charge in [-0.3, -0.25) is 0 Å². The minimum absolute atomic E-state index is 0.962. The highest BCUT2D eigenvalue weighted by atomic mass is 79.9. The molecule has 1 aliphatic rings. The normalized spacial score (nSPS) is 12.2. The largest absolute Gasteiger partial charge is 0.448 e. The van der Waals surface area contributed by atoms with Gasteiger partial charge in [-0.2, -0.15) is 0 Å². The molecule has 46 valence electrons. The molecule has 1 nitrogen and oxygen atoms in total. The van der Waals surface area contributed by atoms with Crippen LogP contribution in [0, 0.1) is 0 Å². The van der Waals surface area contributed by atoms with Crippen LogP contribution < -0.4 is 4.74 Å². The highest BCUT2D eigenvalue weighted by Gasteiger charge is 2.24. The fraction of sp³-hybridized carbons (Fsp3) is 0. The molecule has 3 heteroatoms. The van der Waals surface area contributed by atoms with Crippen LogP contribution in [0.25, 0.3) is 0 Å². The van der Waals surface area contributed by atoms with Crippen molar-refractivity contribution in [1.82, 2.24) is 0 Å². The molecule has 0 unspecified atom stereocenters. The Hall–Kier alpha value is -0.0200. The van der Waals surface area contributed by atoms with Gasteiger partial charge in [0.15, 0.2) is 11.5 Å². The molecule has 1 heterocycles. The Balaban J connectivity index is 2.70. The van der Waals surface area contributed by atoms with E-state index in [1.54, 1.807) is 0 Å². The van der Waals surface area contributed by atoms with Crippen LogP contribution in [0.2, 0.25) is 0 Å². The fourth-order valence-electron chi connectivity index (χ4n) is 0.678. The lowest BCUT2D eigenvalue weighted by molar-refractivity contribution is 0.647. The summed E-state index contributed by atoms with van der Waals surface area (Å²) in [5.41, 5.74) is 0. The van der Waals surface area contributed by atoms with E-state index in [4.69, 9.17) is 4.74 Å². The summed E-state index contributed by atoms with van der Waals surface area (Å²) in [6.45, 7) is 0. The summed E-state index contributed by atoms with van der Waals surface area (Å²) >= 11 is 6.71. The lowest BCUT2D eigenvalue weighted by Crippen LogP contribution is -1.57. The van der Waals surface area contributed by atoms with E-state index in [0.717, 1.165) is 20.4 Å². The lowest BCUT2D eigenvalue weighted by atomic mass is 10.4. The van der Waals surface area contributed by atoms with Crippen molar-refractivity contribution in [1.29, 1.82) is 0 Å². The molecular formula is C6H2Br2O. The molecule has 0 bridgehead atoms. The zero-order valence-corrected chi connectivity index (χ0v) is 7.49. The summed E-state index contributed by atoms with van der Waals surface area (Å²) in [5, 5.41) is 0. The number of ether oxygens (including phenoxy) is 1. The molecule has 0 saturated carbocycles. The summed E-state index contributed by atoms with van der Waals surface area (Å²) in [4.78, 5) is 0. The molecule has 2 rings (SSSR count). The predicted octanol–water partition coefficient (Wildman–Crippen LogP) is 3.32. The second-order valence-corrected chi connectivity index (χ2v) is 3.44. The number of benzene rings is 1. The van der Waals surface area contributed by atoms with Crippen LogP contribution in [0.3, 0.4) is 0 Å². The first-order valence-corrected chi connectivity index (χ1v) is 4.03. The van der Waals surface area contributed by atoms with Gasteiger partial charge in [-0.05, 0) is 44.0 Å². The van der Waals surface area contributed by atoms with Crippen molar-refractivity contribution in [3.8, 4) is 11.5 Å². The number of rotatable bonds is 0. The molecule has 0 fully saturated rings. The molecule has 1 aromatic carbocycles. The van der Waals surface area contributed by atoms with E-state index in [1.165, 1.54) is 0 Å². The van der Waals surface area contributed by atoms with E-state index in [9.17, 15) is 0 Å². The maximum atomic E-state index is 5.07.